The van der Waals surface area contributed by atoms with Gasteiger partial charge in [-0.15, -0.1) is 0 Å². The molecule has 0 saturated carbocycles. The number of hydrogen-bond donors (Lipinski definition) is 1. The highest BCUT2D eigenvalue weighted by Gasteiger charge is 2.32. The molecule has 0 bridgehead atoms. The maximum absolute atomic E-state index is 13.3. The van der Waals surface area contributed by atoms with Gasteiger partial charge >= 0.3 is 0 Å². The molecule has 0 radical (unpaired) electrons. The van der Waals surface area contributed by atoms with Gasteiger partial charge in [0.05, 0.1) is 17.1 Å². The zero-order chi connectivity index (χ0) is 21.3. The number of aliphatic hydroxyl groups is 1. The Hall–Kier alpha value is -2.27. The van der Waals surface area contributed by atoms with E-state index in [9.17, 15) is 14.7 Å². The van der Waals surface area contributed by atoms with Gasteiger partial charge in [-0.1, -0.05) is 30.0 Å². The van der Waals surface area contributed by atoms with Gasteiger partial charge in [-0.25, -0.2) is 4.98 Å². The Labute approximate surface area is 183 Å². The lowest BCUT2D eigenvalue weighted by atomic mass is 10.2. The van der Waals surface area contributed by atoms with Crippen LogP contribution in [0.5, 0.6) is 0 Å². The molecule has 0 spiro atoms. The molecular weight excluding hydrogens is 422 g/mol. The number of aliphatic hydroxyl groups excluding tert-OH is 1. The number of amides is 1. The molecule has 2 aliphatic rings. The molecule has 4 heterocycles. The van der Waals surface area contributed by atoms with Crippen LogP contribution >= 0.6 is 24.0 Å². The van der Waals surface area contributed by atoms with Crippen LogP contribution in [0.1, 0.15) is 12.5 Å². The van der Waals surface area contributed by atoms with E-state index in [0.717, 1.165) is 13.1 Å². The summed E-state index contributed by atoms with van der Waals surface area (Å²) in [6, 6.07) is 5.42. The average molecular weight is 446 g/mol. The highest BCUT2D eigenvalue weighted by Crippen LogP contribution is 2.33. The molecule has 2 aromatic heterocycles. The second kappa shape index (κ2) is 8.84. The van der Waals surface area contributed by atoms with E-state index in [0.29, 0.717) is 52.4 Å². The number of carbonyl (C=O) groups is 1. The van der Waals surface area contributed by atoms with Crippen LogP contribution in [-0.4, -0.2) is 80.4 Å². The fourth-order valence-corrected chi connectivity index (χ4v) is 5.05. The topological polar surface area (TPSA) is 81.4 Å². The first-order valence-corrected chi connectivity index (χ1v) is 11.1. The Kier molecular flexibility index (Phi) is 6.19. The van der Waals surface area contributed by atoms with E-state index in [4.69, 9.17) is 17.2 Å². The smallest absolute Gasteiger partial charge is 0.267 e. The first-order valence-electron chi connectivity index (χ1n) is 9.88. The third-order valence-corrected chi connectivity index (χ3v) is 6.68. The molecule has 4 rings (SSSR count). The van der Waals surface area contributed by atoms with Crippen molar-refractivity contribution in [3.8, 4) is 0 Å². The summed E-state index contributed by atoms with van der Waals surface area (Å²) in [7, 11) is 0. The molecule has 1 amide bonds. The third-order valence-electron chi connectivity index (χ3n) is 5.30. The highest BCUT2D eigenvalue weighted by molar-refractivity contribution is 8.26. The maximum Gasteiger partial charge on any atom is 0.267 e. The summed E-state index contributed by atoms with van der Waals surface area (Å²) in [5, 5.41) is 9.18. The number of fused-ring (bicyclic) bond motifs is 1. The summed E-state index contributed by atoms with van der Waals surface area (Å²) in [6.07, 6.45) is 3.32. The van der Waals surface area contributed by atoms with Gasteiger partial charge in [0, 0.05) is 45.5 Å². The molecule has 8 nitrogen and oxygen atoms in total. The minimum absolute atomic E-state index is 0.125. The number of likely N-dealkylation sites (N-methyl/N-ethyl adjacent to an activating group) is 1. The van der Waals surface area contributed by atoms with Crippen LogP contribution in [0.15, 0.2) is 34.1 Å². The second-order valence-corrected chi connectivity index (χ2v) is 8.74. The standard InChI is InChI=1S/C20H23N5O3S2/c1-2-24-19(28)15(30-20(24)29)13-14-17(23-9-7-22(8-10-23)11-12-26)21-16-5-3-4-6-25(16)18(14)27/h3-6,13,26H,2,7-12H2,1H3. The van der Waals surface area contributed by atoms with Gasteiger partial charge in [-0.05, 0) is 25.1 Å². The van der Waals surface area contributed by atoms with E-state index in [1.165, 1.54) is 21.1 Å². The summed E-state index contributed by atoms with van der Waals surface area (Å²) >= 11 is 6.52. The van der Waals surface area contributed by atoms with E-state index in [1.54, 1.807) is 24.4 Å². The summed E-state index contributed by atoms with van der Waals surface area (Å²) < 4.78 is 2.00. The largest absolute Gasteiger partial charge is 0.395 e. The number of hydrogen-bond acceptors (Lipinski definition) is 8. The Balaban J connectivity index is 1.78. The van der Waals surface area contributed by atoms with Crippen LogP contribution in [0, 0.1) is 0 Å². The van der Waals surface area contributed by atoms with Gasteiger partial charge in [0.1, 0.15) is 15.8 Å². The Morgan fingerprint density at radius 1 is 1.23 bits per heavy atom. The molecule has 2 fully saturated rings. The first kappa shape index (κ1) is 21.0. The van der Waals surface area contributed by atoms with Crippen LogP contribution in [-0.2, 0) is 4.79 Å². The van der Waals surface area contributed by atoms with Crippen LogP contribution in [0.2, 0.25) is 0 Å². The van der Waals surface area contributed by atoms with Crippen molar-refractivity contribution < 1.29 is 9.90 Å². The van der Waals surface area contributed by atoms with Crippen molar-refractivity contribution in [1.82, 2.24) is 19.2 Å². The number of piperazine rings is 1. The van der Waals surface area contributed by atoms with E-state index in [2.05, 4.69) is 9.80 Å². The van der Waals surface area contributed by atoms with E-state index < -0.39 is 0 Å². The SMILES string of the molecule is CCN1C(=O)C(=Cc2c(N3CCN(CCO)CC3)nc3ccccn3c2=O)SC1=S. The Morgan fingerprint density at radius 3 is 2.67 bits per heavy atom. The average Bonchev–Trinajstić information content (AvgIpc) is 3.03. The number of β-amino-alcohol motifs (C(OH)–C–C–N with tert-alkyl or cyclic N) is 1. The van der Waals surface area contributed by atoms with Crippen molar-refractivity contribution in [2.75, 3.05) is 50.8 Å². The lowest BCUT2D eigenvalue weighted by Crippen LogP contribution is -2.48. The predicted octanol–water partition coefficient (Wildman–Crippen LogP) is 1.03. The molecule has 1 N–H and O–H groups in total. The molecule has 0 aromatic carbocycles. The zero-order valence-corrected chi connectivity index (χ0v) is 18.3. The number of rotatable bonds is 5. The molecule has 158 valence electrons. The van der Waals surface area contributed by atoms with Crippen LogP contribution in [0.25, 0.3) is 11.7 Å². The number of pyridine rings is 1. The number of aromatic nitrogens is 2. The van der Waals surface area contributed by atoms with Crippen molar-refractivity contribution in [3.05, 3.63) is 45.2 Å². The van der Waals surface area contributed by atoms with Crippen LogP contribution < -0.4 is 10.5 Å². The lowest BCUT2D eigenvalue weighted by molar-refractivity contribution is -0.121. The van der Waals surface area contributed by atoms with Crippen LogP contribution in [0.4, 0.5) is 5.82 Å². The molecule has 30 heavy (non-hydrogen) atoms. The normalized spacial score (nSPS) is 19.5. The fraction of sp³-hybridized carbons (Fsp3) is 0.400. The van der Waals surface area contributed by atoms with Gasteiger partial charge in [0.15, 0.2) is 0 Å². The summed E-state index contributed by atoms with van der Waals surface area (Å²) in [5.74, 6) is 0.403. The number of carbonyl (C=O) groups excluding carboxylic acids is 1. The third kappa shape index (κ3) is 3.87. The summed E-state index contributed by atoms with van der Waals surface area (Å²) in [4.78, 5) is 37.0. The number of thioether (sulfide) groups is 1. The van der Waals surface area contributed by atoms with Crippen LogP contribution in [0.3, 0.4) is 0 Å². The molecule has 2 aromatic rings. The van der Waals surface area contributed by atoms with Gasteiger partial charge in [0.25, 0.3) is 11.5 Å². The quantitative estimate of drug-likeness (QED) is 0.540. The minimum Gasteiger partial charge on any atom is -0.395 e. The predicted molar refractivity (Wildman–Crippen MR) is 123 cm³/mol. The monoisotopic (exact) mass is 445 g/mol. The lowest BCUT2D eigenvalue weighted by Gasteiger charge is -2.35. The molecule has 0 unspecified atom stereocenters. The van der Waals surface area contributed by atoms with Crippen molar-refractivity contribution in [2.45, 2.75) is 6.92 Å². The minimum atomic E-state index is -0.213. The molecule has 2 saturated heterocycles. The highest BCUT2D eigenvalue weighted by atomic mass is 32.2. The number of thiocarbonyl (C=S) groups is 1. The molecule has 2 aliphatic heterocycles. The van der Waals surface area contributed by atoms with E-state index in [1.807, 2.05) is 13.0 Å². The summed E-state index contributed by atoms with van der Waals surface area (Å²) in [6.45, 7) is 6.04. The van der Waals surface area contributed by atoms with E-state index in [-0.39, 0.29) is 18.1 Å². The van der Waals surface area contributed by atoms with Gasteiger partial charge in [-0.2, -0.15) is 0 Å². The molecule has 10 heteroatoms. The molecule has 0 aliphatic carbocycles. The van der Waals surface area contributed by atoms with Crippen molar-refractivity contribution in [1.29, 1.82) is 0 Å². The summed E-state index contributed by atoms with van der Waals surface area (Å²) in [5.41, 5.74) is 0.745. The number of anilines is 1. The first-order chi connectivity index (χ1) is 14.5. The van der Waals surface area contributed by atoms with Gasteiger partial charge in [0.2, 0.25) is 0 Å². The fourth-order valence-electron chi connectivity index (χ4n) is 3.69. The van der Waals surface area contributed by atoms with Crippen molar-refractivity contribution >= 4 is 51.7 Å². The molecule has 0 atom stereocenters. The van der Waals surface area contributed by atoms with Gasteiger partial charge in [-0.3, -0.25) is 23.8 Å². The second-order valence-electron chi connectivity index (χ2n) is 7.06. The van der Waals surface area contributed by atoms with Gasteiger partial charge < -0.3 is 10.0 Å². The van der Waals surface area contributed by atoms with E-state index >= 15 is 0 Å². The Bertz CT molecular complexity index is 1080. The number of nitrogens with zero attached hydrogens (tertiary/aromatic N) is 5. The Morgan fingerprint density at radius 2 is 2.00 bits per heavy atom. The maximum atomic E-state index is 13.3. The zero-order valence-electron chi connectivity index (χ0n) is 16.7. The van der Waals surface area contributed by atoms with Crippen molar-refractivity contribution in [3.63, 3.8) is 0 Å². The van der Waals surface area contributed by atoms with Crippen molar-refractivity contribution in [2.24, 2.45) is 0 Å². The molecular formula is C20H23N5O3S2.